The van der Waals surface area contributed by atoms with Gasteiger partial charge in [0, 0.05) is 36.4 Å². The average Bonchev–Trinajstić information content (AvgIpc) is 2.69. The van der Waals surface area contributed by atoms with Crippen molar-refractivity contribution < 1.29 is 20.1 Å². The van der Waals surface area contributed by atoms with Crippen molar-refractivity contribution in [1.82, 2.24) is 4.98 Å². The van der Waals surface area contributed by atoms with Crippen LogP contribution in [-0.4, -0.2) is 4.98 Å². The van der Waals surface area contributed by atoms with Gasteiger partial charge in [-0.3, -0.25) is 4.98 Å². The molecule has 0 amide bonds. The van der Waals surface area contributed by atoms with Crippen molar-refractivity contribution in [3.8, 4) is 6.07 Å². The van der Waals surface area contributed by atoms with E-state index in [1.54, 1.807) is 17.4 Å². The van der Waals surface area contributed by atoms with Gasteiger partial charge in [0.05, 0.1) is 5.01 Å². The first-order valence-corrected chi connectivity index (χ1v) is 5.71. The first-order valence-electron chi connectivity index (χ1n) is 4.89. The maximum atomic E-state index is 8.83. The molecule has 0 saturated heterocycles. The van der Waals surface area contributed by atoms with E-state index in [1.807, 2.05) is 19.1 Å². The Hall–Kier alpha value is -1.27. The van der Waals surface area contributed by atoms with Crippen LogP contribution in [0, 0.1) is 24.3 Å². The molecule has 0 aliphatic heterocycles. The van der Waals surface area contributed by atoms with Crippen LogP contribution in [0.3, 0.4) is 0 Å². The number of nitriles is 1. The fourth-order valence-electron chi connectivity index (χ4n) is 1.82. The monoisotopic (exact) mass is 416 g/mol. The van der Waals surface area contributed by atoms with Crippen molar-refractivity contribution in [1.29, 1.82) is 5.26 Å². The van der Waals surface area contributed by atoms with Gasteiger partial charge in [0.2, 0.25) is 0 Å². The molecular weight excluding hydrogens is 408 g/mol. The van der Waals surface area contributed by atoms with Crippen LogP contribution < -0.4 is 0 Å². The van der Waals surface area contributed by atoms with Crippen LogP contribution in [0.4, 0.5) is 0 Å². The Labute approximate surface area is 116 Å². The first-order chi connectivity index (χ1) is 7.78. The van der Waals surface area contributed by atoms with Crippen LogP contribution in [0.15, 0.2) is 24.3 Å². The number of benzene rings is 2. The molecule has 3 rings (SSSR count). The van der Waals surface area contributed by atoms with Gasteiger partial charge in [-0.25, -0.2) is 5.26 Å². The van der Waals surface area contributed by atoms with E-state index in [0.29, 0.717) is 5.56 Å². The van der Waals surface area contributed by atoms with Crippen LogP contribution >= 0.6 is 11.3 Å². The third kappa shape index (κ3) is 1.98. The molecule has 0 N–H and O–H groups in total. The zero-order valence-electron chi connectivity index (χ0n) is 8.95. The van der Waals surface area contributed by atoms with Gasteiger partial charge in [-0.05, 0) is 12.5 Å². The van der Waals surface area contributed by atoms with Gasteiger partial charge in [0.1, 0.15) is 0 Å². The molecule has 85 valence electrons. The maximum absolute atomic E-state index is 8.83. The summed E-state index contributed by atoms with van der Waals surface area (Å²) in [4.78, 5) is 4.50. The van der Waals surface area contributed by atoms with Gasteiger partial charge in [-0.2, -0.15) is 0 Å². The first kappa shape index (κ1) is 12.2. The molecule has 0 aliphatic carbocycles. The number of fused-ring (bicyclic) bond motifs is 3. The van der Waals surface area contributed by atoms with E-state index in [9.17, 15) is 0 Å². The number of hydrogen-bond donors (Lipinski definition) is 0. The number of rotatable bonds is 0. The minimum absolute atomic E-state index is 0. The Balaban J connectivity index is 0.00000108. The van der Waals surface area contributed by atoms with Crippen LogP contribution in [0.5, 0.6) is 0 Å². The normalized spacial score (nSPS) is 10.1. The zero-order chi connectivity index (χ0) is 11.1. The van der Waals surface area contributed by atoms with Crippen LogP contribution in [-0.2, 0) is 20.1 Å². The van der Waals surface area contributed by atoms with Gasteiger partial charge in [-0.1, -0.05) is 12.1 Å². The summed E-state index contributed by atoms with van der Waals surface area (Å²) < 4.78 is 1.17. The van der Waals surface area contributed by atoms with E-state index in [1.165, 1.54) is 4.70 Å². The Kier molecular flexibility index (Phi) is 3.26. The smallest absolute Gasteiger partial charge is 0.0787 e. The summed E-state index contributed by atoms with van der Waals surface area (Å²) in [6, 6.07) is 12.9. The van der Waals surface area contributed by atoms with Crippen LogP contribution in [0.25, 0.3) is 21.0 Å². The van der Waals surface area contributed by atoms with E-state index in [2.05, 4.69) is 23.2 Å². The topological polar surface area (TPSA) is 36.7 Å². The second-order valence-electron chi connectivity index (χ2n) is 3.61. The predicted molar refractivity (Wildman–Crippen MR) is 65.4 cm³/mol. The van der Waals surface area contributed by atoms with E-state index >= 15 is 0 Å². The summed E-state index contributed by atoms with van der Waals surface area (Å²) in [5.41, 5.74) is 1.63. The van der Waals surface area contributed by atoms with Crippen molar-refractivity contribution >= 4 is 32.3 Å². The van der Waals surface area contributed by atoms with E-state index in [0.717, 1.165) is 21.3 Å². The minimum atomic E-state index is 0. The van der Waals surface area contributed by atoms with Gasteiger partial charge < -0.3 is 0 Å². The Morgan fingerprint density at radius 2 is 2.24 bits per heavy atom. The Morgan fingerprint density at radius 1 is 1.41 bits per heavy atom. The molecule has 0 unspecified atom stereocenters. The molecule has 1 heterocycles. The van der Waals surface area contributed by atoms with Gasteiger partial charge in [0.15, 0.2) is 0 Å². The fraction of sp³-hybridized carbons (Fsp3) is 0.0769. The molecule has 1 radical (unpaired) electrons. The molecule has 0 fully saturated rings. The van der Waals surface area contributed by atoms with E-state index in [4.69, 9.17) is 5.26 Å². The van der Waals surface area contributed by atoms with Gasteiger partial charge in [0.25, 0.3) is 0 Å². The molecule has 3 aromatic rings. The molecule has 0 aliphatic rings. The van der Waals surface area contributed by atoms with Crippen molar-refractivity contribution in [3.63, 3.8) is 0 Å². The summed E-state index contributed by atoms with van der Waals surface area (Å²) in [6.07, 6.45) is 0. The molecule has 0 saturated carbocycles. The van der Waals surface area contributed by atoms with E-state index in [-0.39, 0.29) is 20.1 Å². The Morgan fingerprint density at radius 3 is 3.00 bits per heavy atom. The minimum Gasteiger partial charge on any atom is -0.290 e. The summed E-state index contributed by atoms with van der Waals surface area (Å²) in [5.74, 6) is 0. The molecule has 1 aromatic heterocycles. The number of aryl methyl sites for hydroxylation is 1. The number of nitrogens with zero attached hydrogens (tertiary/aromatic N) is 2. The second-order valence-corrected chi connectivity index (χ2v) is 4.84. The summed E-state index contributed by atoms with van der Waals surface area (Å²) in [6.45, 7) is 2.00. The number of hydrogen-bond acceptors (Lipinski definition) is 3. The maximum Gasteiger partial charge on any atom is 0.0787 e. The zero-order valence-corrected chi connectivity index (χ0v) is 12.2. The molecule has 0 atom stereocenters. The van der Waals surface area contributed by atoms with Crippen molar-refractivity contribution in [2.45, 2.75) is 6.92 Å². The van der Waals surface area contributed by atoms with Crippen molar-refractivity contribution in [2.75, 3.05) is 0 Å². The number of aromatic nitrogens is 1. The SMILES string of the molecule is Cc1nc2c(ccc3cc(C#N)c[c-]c32)s1.[Ir]. The molecular formula is C13H7IrN2S-. The summed E-state index contributed by atoms with van der Waals surface area (Å²) in [7, 11) is 0. The van der Waals surface area contributed by atoms with Crippen molar-refractivity contribution in [2.24, 2.45) is 0 Å². The van der Waals surface area contributed by atoms with Gasteiger partial charge in [-0.15, -0.1) is 40.3 Å². The van der Waals surface area contributed by atoms with Gasteiger partial charge >= 0.3 is 0 Å². The molecule has 2 nitrogen and oxygen atoms in total. The molecule has 2 aromatic carbocycles. The largest absolute Gasteiger partial charge is 0.290 e. The standard InChI is InChI=1S/C13H7N2S.Ir/c1-8-15-13-11-4-2-9(7-14)6-10(11)3-5-12(13)16-8;/h2-3,5-6H,1H3;/q-1;. The molecule has 0 bridgehead atoms. The number of thiazole rings is 1. The molecule has 17 heavy (non-hydrogen) atoms. The average molecular weight is 415 g/mol. The third-order valence-electron chi connectivity index (χ3n) is 2.51. The summed E-state index contributed by atoms with van der Waals surface area (Å²) in [5, 5.41) is 11.9. The Bertz CT molecular complexity index is 740. The predicted octanol–water partition coefficient (Wildman–Crippen LogP) is 3.43. The van der Waals surface area contributed by atoms with Crippen LogP contribution in [0.2, 0.25) is 0 Å². The molecule has 4 heteroatoms. The van der Waals surface area contributed by atoms with E-state index < -0.39 is 0 Å². The molecule has 0 spiro atoms. The van der Waals surface area contributed by atoms with Crippen molar-refractivity contribution in [3.05, 3.63) is 40.9 Å². The fourth-order valence-corrected chi connectivity index (χ4v) is 2.65. The quantitative estimate of drug-likeness (QED) is 0.528. The third-order valence-corrected chi connectivity index (χ3v) is 3.45. The summed E-state index contributed by atoms with van der Waals surface area (Å²) >= 11 is 1.68. The van der Waals surface area contributed by atoms with Crippen LogP contribution in [0.1, 0.15) is 10.6 Å². The second kappa shape index (κ2) is 4.54.